The van der Waals surface area contributed by atoms with Gasteiger partial charge in [0.15, 0.2) is 5.13 Å². The van der Waals surface area contributed by atoms with Crippen molar-refractivity contribution in [1.82, 2.24) is 4.98 Å². The quantitative estimate of drug-likeness (QED) is 0.584. The van der Waals surface area contributed by atoms with Crippen LogP contribution in [0.3, 0.4) is 0 Å². The number of benzene rings is 1. The van der Waals surface area contributed by atoms with E-state index in [1.807, 2.05) is 39.0 Å². The lowest BCUT2D eigenvalue weighted by Crippen LogP contribution is -2.14. The number of nitrogens with zero attached hydrogens (tertiary/aromatic N) is 1. The zero-order chi connectivity index (χ0) is 18.2. The minimum absolute atomic E-state index is 0.113. The fraction of sp³-hybridized carbons (Fsp3) is 0.474. The van der Waals surface area contributed by atoms with Gasteiger partial charge in [0, 0.05) is 22.7 Å². The van der Waals surface area contributed by atoms with E-state index in [2.05, 4.69) is 15.6 Å². The molecular formula is C19H28N4OS. The SMILES string of the molecule is Cc1ccc(NCCCCCCN)cc1C(=O)Nc1nc(C)c(C)s1. The summed E-state index contributed by atoms with van der Waals surface area (Å²) < 4.78 is 0. The molecule has 1 aromatic heterocycles. The fourth-order valence-corrected chi connectivity index (χ4v) is 3.33. The summed E-state index contributed by atoms with van der Waals surface area (Å²) in [6.45, 7) is 7.57. The number of hydrogen-bond donors (Lipinski definition) is 3. The van der Waals surface area contributed by atoms with E-state index in [0.29, 0.717) is 10.7 Å². The molecule has 25 heavy (non-hydrogen) atoms. The molecule has 5 nitrogen and oxygen atoms in total. The van der Waals surface area contributed by atoms with Crippen LogP contribution in [0.1, 0.15) is 52.2 Å². The molecule has 0 fully saturated rings. The minimum atomic E-state index is -0.113. The third-order valence-corrected chi connectivity index (χ3v) is 5.18. The number of rotatable bonds is 9. The van der Waals surface area contributed by atoms with Crippen LogP contribution in [0.4, 0.5) is 10.8 Å². The molecule has 0 unspecified atom stereocenters. The van der Waals surface area contributed by atoms with Crippen LogP contribution in [0, 0.1) is 20.8 Å². The average Bonchev–Trinajstić information content (AvgIpc) is 2.89. The zero-order valence-electron chi connectivity index (χ0n) is 15.3. The molecule has 0 aliphatic rings. The molecule has 0 radical (unpaired) electrons. The van der Waals surface area contributed by atoms with Gasteiger partial charge in [-0.25, -0.2) is 4.98 Å². The summed E-state index contributed by atoms with van der Waals surface area (Å²) in [6, 6.07) is 5.91. The second kappa shape index (κ2) is 9.53. The molecule has 0 atom stereocenters. The highest BCUT2D eigenvalue weighted by Crippen LogP contribution is 2.23. The molecule has 0 aliphatic carbocycles. The summed E-state index contributed by atoms with van der Waals surface area (Å²) in [5.74, 6) is -0.113. The first kappa shape index (κ1) is 19.4. The highest BCUT2D eigenvalue weighted by atomic mass is 32.1. The van der Waals surface area contributed by atoms with Crippen LogP contribution in [-0.4, -0.2) is 24.0 Å². The normalized spacial score (nSPS) is 10.7. The van der Waals surface area contributed by atoms with Crippen molar-refractivity contribution in [2.75, 3.05) is 23.7 Å². The van der Waals surface area contributed by atoms with Gasteiger partial charge in [0.1, 0.15) is 0 Å². The molecule has 0 spiro atoms. The van der Waals surface area contributed by atoms with Crippen molar-refractivity contribution in [3.63, 3.8) is 0 Å². The molecule has 0 aliphatic heterocycles. The average molecular weight is 361 g/mol. The van der Waals surface area contributed by atoms with Crippen LogP contribution < -0.4 is 16.4 Å². The number of nitrogens with two attached hydrogens (primary N) is 1. The van der Waals surface area contributed by atoms with Crippen molar-refractivity contribution in [2.24, 2.45) is 5.73 Å². The summed E-state index contributed by atoms with van der Waals surface area (Å²) in [5, 5.41) is 6.95. The Labute approximate surface area is 154 Å². The Morgan fingerprint density at radius 2 is 1.92 bits per heavy atom. The third-order valence-electron chi connectivity index (χ3n) is 4.19. The van der Waals surface area contributed by atoms with Gasteiger partial charge in [-0.3, -0.25) is 10.1 Å². The highest BCUT2D eigenvalue weighted by Gasteiger charge is 2.13. The molecule has 0 saturated heterocycles. The Morgan fingerprint density at radius 3 is 2.60 bits per heavy atom. The second-order valence-electron chi connectivity index (χ2n) is 6.27. The topological polar surface area (TPSA) is 80.0 Å². The monoisotopic (exact) mass is 360 g/mol. The summed E-state index contributed by atoms with van der Waals surface area (Å²) in [5.41, 5.74) is 9.07. The van der Waals surface area contributed by atoms with E-state index >= 15 is 0 Å². The van der Waals surface area contributed by atoms with Crippen molar-refractivity contribution >= 4 is 28.1 Å². The van der Waals surface area contributed by atoms with E-state index in [1.165, 1.54) is 24.2 Å². The van der Waals surface area contributed by atoms with E-state index in [9.17, 15) is 4.79 Å². The first-order valence-electron chi connectivity index (χ1n) is 8.81. The predicted octanol–water partition coefficient (Wildman–Crippen LogP) is 4.25. The molecule has 6 heteroatoms. The van der Waals surface area contributed by atoms with E-state index < -0.39 is 0 Å². The molecule has 0 bridgehead atoms. The Bertz CT molecular complexity index is 692. The molecule has 1 amide bonds. The molecule has 4 N–H and O–H groups in total. The van der Waals surface area contributed by atoms with Gasteiger partial charge in [-0.2, -0.15) is 0 Å². The maximum Gasteiger partial charge on any atom is 0.257 e. The van der Waals surface area contributed by atoms with Crippen molar-refractivity contribution in [1.29, 1.82) is 0 Å². The minimum Gasteiger partial charge on any atom is -0.385 e. The molecular weight excluding hydrogens is 332 g/mol. The van der Waals surface area contributed by atoms with E-state index in [1.54, 1.807) is 0 Å². The first-order valence-corrected chi connectivity index (χ1v) is 9.63. The van der Waals surface area contributed by atoms with Crippen molar-refractivity contribution < 1.29 is 4.79 Å². The molecule has 136 valence electrons. The van der Waals surface area contributed by atoms with Gasteiger partial charge in [-0.15, -0.1) is 11.3 Å². The van der Waals surface area contributed by atoms with Gasteiger partial charge in [0.2, 0.25) is 0 Å². The summed E-state index contributed by atoms with van der Waals surface area (Å²) in [6.07, 6.45) is 4.54. The van der Waals surface area contributed by atoms with E-state index in [4.69, 9.17) is 5.73 Å². The van der Waals surface area contributed by atoms with Crippen molar-refractivity contribution in [3.8, 4) is 0 Å². The number of nitrogens with one attached hydrogen (secondary N) is 2. The van der Waals surface area contributed by atoms with E-state index in [-0.39, 0.29) is 5.91 Å². The lowest BCUT2D eigenvalue weighted by atomic mass is 10.1. The van der Waals surface area contributed by atoms with Crippen LogP contribution in [0.5, 0.6) is 0 Å². The Kier molecular flexibility index (Phi) is 7.40. The predicted molar refractivity (Wildman–Crippen MR) is 107 cm³/mol. The number of unbranched alkanes of at least 4 members (excludes halogenated alkanes) is 3. The van der Waals surface area contributed by atoms with E-state index in [0.717, 1.165) is 47.8 Å². The van der Waals surface area contributed by atoms with Crippen LogP contribution >= 0.6 is 11.3 Å². The van der Waals surface area contributed by atoms with Crippen molar-refractivity contribution in [3.05, 3.63) is 39.9 Å². The number of amides is 1. The third kappa shape index (κ3) is 5.83. The Morgan fingerprint density at radius 1 is 1.16 bits per heavy atom. The highest BCUT2D eigenvalue weighted by molar-refractivity contribution is 7.15. The maximum atomic E-state index is 12.6. The summed E-state index contributed by atoms with van der Waals surface area (Å²) in [4.78, 5) is 18.1. The summed E-state index contributed by atoms with van der Waals surface area (Å²) >= 11 is 1.50. The molecule has 1 heterocycles. The molecule has 0 saturated carbocycles. The molecule has 2 rings (SSSR count). The number of aryl methyl sites for hydroxylation is 3. The van der Waals surface area contributed by atoms with Crippen molar-refractivity contribution in [2.45, 2.75) is 46.5 Å². The van der Waals surface area contributed by atoms with Gasteiger partial charge in [0.25, 0.3) is 5.91 Å². The van der Waals surface area contributed by atoms with Crippen LogP contribution in [0.15, 0.2) is 18.2 Å². The zero-order valence-corrected chi connectivity index (χ0v) is 16.1. The van der Waals surface area contributed by atoms with Gasteiger partial charge < -0.3 is 11.1 Å². The number of aromatic nitrogens is 1. The van der Waals surface area contributed by atoms with Gasteiger partial charge in [-0.1, -0.05) is 18.9 Å². The van der Waals surface area contributed by atoms with Gasteiger partial charge in [-0.05, 0) is 57.9 Å². The smallest absolute Gasteiger partial charge is 0.257 e. The molecule has 2 aromatic rings. The van der Waals surface area contributed by atoms with Crippen LogP contribution in [-0.2, 0) is 0 Å². The number of thiazole rings is 1. The molecule has 1 aromatic carbocycles. The van der Waals surface area contributed by atoms with Gasteiger partial charge in [0.05, 0.1) is 5.69 Å². The van der Waals surface area contributed by atoms with Gasteiger partial charge >= 0.3 is 0 Å². The second-order valence-corrected chi connectivity index (χ2v) is 7.48. The lowest BCUT2D eigenvalue weighted by molar-refractivity contribution is 0.102. The van der Waals surface area contributed by atoms with Crippen LogP contribution in [0.25, 0.3) is 0 Å². The largest absolute Gasteiger partial charge is 0.385 e. The Hall–Kier alpha value is -1.92. The first-order chi connectivity index (χ1) is 12.0. The number of carbonyl (C=O) groups is 1. The fourth-order valence-electron chi connectivity index (χ4n) is 2.52. The number of anilines is 2. The standard InChI is InChI=1S/C19H28N4OS/c1-13-8-9-16(21-11-7-5-4-6-10-20)12-17(13)18(24)23-19-22-14(2)15(3)25-19/h8-9,12,21H,4-7,10-11,20H2,1-3H3,(H,22,23,24). The summed E-state index contributed by atoms with van der Waals surface area (Å²) in [7, 11) is 0. The number of hydrogen-bond acceptors (Lipinski definition) is 5. The van der Waals surface area contributed by atoms with Crippen LogP contribution in [0.2, 0.25) is 0 Å². The Balaban J connectivity index is 1.94. The maximum absolute atomic E-state index is 12.6. The lowest BCUT2D eigenvalue weighted by Gasteiger charge is -2.10. The number of carbonyl (C=O) groups excluding carboxylic acids is 1.